The van der Waals surface area contributed by atoms with Gasteiger partial charge in [-0.15, -0.1) is 11.3 Å². The molecule has 1 aliphatic carbocycles. The van der Waals surface area contributed by atoms with Crippen LogP contribution in [0.25, 0.3) is 0 Å². The molecular weight excluding hydrogens is 350 g/mol. The van der Waals surface area contributed by atoms with Crippen LogP contribution in [0.4, 0.5) is 0 Å². The number of carbonyl (C=O) groups excluding carboxylic acids is 2. The van der Waals surface area contributed by atoms with Crippen LogP contribution in [-0.2, 0) is 6.54 Å². The molecule has 0 spiro atoms. The number of Topliss-reactive ketones (excluding diaryl/α,β-unsaturated/α-hetero) is 1. The maximum absolute atomic E-state index is 13.2. The summed E-state index contributed by atoms with van der Waals surface area (Å²) in [7, 11) is 0. The number of carbonyl (C=O) groups is 2. The molecule has 5 nitrogen and oxygen atoms in total. The number of thiophene rings is 1. The number of rotatable bonds is 5. The third-order valence-electron chi connectivity index (χ3n) is 4.98. The highest BCUT2D eigenvalue weighted by atomic mass is 32.1. The van der Waals surface area contributed by atoms with Crippen molar-refractivity contribution >= 4 is 23.0 Å². The molecule has 0 radical (unpaired) electrons. The normalized spacial score (nSPS) is 16.0. The van der Waals surface area contributed by atoms with E-state index in [0.717, 1.165) is 42.7 Å². The van der Waals surface area contributed by atoms with Gasteiger partial charge in [0.1, 0.15) is 0 Å². The molecule has 0 saturated heterocycles. The Morgan fingerprint density at radius 1 is 1.08 bits per heavy atom. The Labute approximate surface area is 156 Å². The SMILES string of the molecule is CC(=O)c1ccc(C(=O)N(Cc2ccc3c(c2)OCO3)C2CCCC2)s1. The monoisotopic (exact) mass is 371 g/mol. The summed E-state index contributed by atoms with van der Waals surface area (Å²) in [5, 5.41) is 0. The fraction of sp³-hybridized carbons (Fsp3) is 0.400. The minimum Gasteiger partial charge on any atom is -0.454 e. The highest BCUT2D eigenvalue weighted by molar-refractivity contribution is 7.15. The molecule has 1 fully saturated rings. The Morgan fingerprint density at radius 2 is 1.81 bits per heavy atom. The van der Waals surface area contributed by atoms with Crippen molar-refractivity contribution in [2.24, 2.45) is 0 Å². The van der Waals surface area contributed by atoms with Crippen LogP contribution >= 0.6 is 11.3 Å². The Bertz CT molecular complexity index is 838. The first-order valence-electron chi connectivity index (χ1n) is 8.92. The number of benzene rings is 1. The predicted octanol–water partition coefficient (Wildman–Crippen LogP) is 4.26. The molecule has 4 rings (SSSR count). The molecule has 1 aliphatic heterocycles. The number of nitrogens with zero attached hydrogens (tertiary/aromatic N) is 1. The molecule has 6 heteroatoms. The molecule has 1 amide bonds. The second-order valence-electron chi connectivity index (χ2n) is 6.78. The van der Waals surface area contributed by atoms with Gasteiger partial charge in [0.2, 0.25) is 6.79 Å². The van der Waals surface area contributed by atoms with Crippen LogP contribution in [0.3, 0.4) is 0 Å². The molecule has 0 bridgehead atoms. The van der Waals surface area contributed by atoms with E-state index in [1.165, 1.54) is 18.3 Å². The van der Waals surface area contributed by atoms with Gasteiger partial charge in [-0.3, -0.25) is 9.59 Å². The van der Waals surface area contributed by atoms with E-state index in [1.807, 2.05) is 23.1 Å². The molecule has 1 saturated carbocycles. The maximum Gasteiger partial charge on any atom is 0.264 e. The van der Waals surface area contributed by atoms with Crippen molar-refractivity contribution in [3.8, 4) is 11.5 Å². The molecule has 1 aromatic heterocycles. The summed E-state index contributed by atoms with van der Waals surface area (Å²) >= 11 is 1.28. The zero-order valence-electron chi connectivity index (χ0n) is 14.7. The molecular formula is C20H21NO4S. The summed E-state index contributed by atoms with van der Waals surface area (Å²) in [6.07, 6.45) is 4.36. The Morgan fingerprint density at radius 3 is 2.54 bits per heavy atom. The molecule has 2 aromatic rings. The van der Waals surface area contributed by atoms with E-state index in [2.05, 4.69) is 0 Å². The average molecular weight is 371 g/mol. The van der Waals surface area contributed by atoms with Gasteiger partial charge in [-0.1, -0.05) is 18.9 Å². The lowest BCUT2D eigenvalue weighted by atomic mass is 10.1. The van der Waals surface area contributed by atoms with E-state index >= 15 is 0 Å². The van der Waals surface area contributed by atoms with E-state index in [4.69, 9.17) is 9.47 Å². The number of hydrogen-bond donors (Lipinski definition) is 0. The minimum atomic E-state index is -0.00256. The summed E-state index contributed by atoms with van der Waals surface area (Å²) in [5.41, 5.74) is 1.03. The van der Waals surface area contributed by atoms with Gasteiger partial charge in [-0.2, -0.15) is 0 Å². The molecule has 0 atom stereocenters. The van der Waals surface area contributed by atoms with Gasteiger partial charge in [-0.25, -0.2) is 0 Å². The summed E-state index contributed by atoms with van der Waals surface area (Å²) in [6.45, 7) is 2.31. The maximum atomic E-state index is 13.2. The van der Waals surface area contributed by atoms with Crippen LogP contribution in [0.2, 0.25) is 0 Å². The third kappa shape index (κ3) is 3.33. The van der Waals surface area contributed by atoms with E-state index in [-0.39, 0.29) is 24.5 Å². The van der Waals surface area contributed by atoms with Crippen LogP contribution in [0, 0.1) is 0 Å². The molecule has 26 heavy (non-hydrogen) atoms. The average Bonchev–Trinajstić information content (AvgIpc) is 3.39. The van der Waals surface area contributed by atoms with Gasteiger partial charge in [0.25, 0.3) is 5.91 Å². The first-order valence-corrected chi connectivity index (χ1v) is 9.74. The van der Waals surface area contributed by atoms with Crippen LogP contribution < -0.4 is 9.47 Å². The largest absolute Gasteiger partial charge is 0.454 e. The topological polar surface area (TPSA) is 55.8 Å². The van der Waals surface area contributed by atoms with Gasteiger partial charge < -0.3 is 14.4 Å². The van der Waals surface area contributed by atoms with Gasteiger partial charge in [0, 0.05) is 12.6 Å². The second-order valence-corrected chi connectivity index (χ2v) is 7.86. The van der Waals surface area contributed by atoms with E-state index in [9.17, 15) is 9.59 Å². The first kappa shape index (κ1) is 17.1. The number of ketones is 1. The van der Waals surface area contributed by atoms with Crippen LogP contribution in [0.1, 0.15) is 57.5 Å². The van der Waals surface area contributed by atoms with E-state index < -0.39 is 0 Å². The fourth-order valence-corrected chi connectivity index (χ4v) is 4.46. The molecule has 2 heterocycles. The minimum absolute atomic E-state index is 0.00256. The number of fused-ring (bicyclic) bond motifs is 1. The Balaban J connectivity index is 1.59. The van der Waals surface area contributed by atoms with Gasteiger partial charge in [0.05, 0.1) is 9.75 Å². The van der Waals surface area contributed by atoms with Crippen molar-refractivity contribution < 1.29 is 19.1 Å². The fourth-order valence-electron chi connectivity index (χ4n) is 3.60. The van der Waals surface area contributed by atoms with Gasteiger partial charge in [-0.05, 0) is 49.6 Å². The zero-order valence-corrected chi connectivity index (χ0v) is 15.5. The predicted molar refractivity (Wildman–Crippen MR) is 99.0 cm³/mol. The highest BCUT2D eigenvalue weighted by Crippen LogP contribution is 2.34. The van der Waals surface area contributed by atoms with Crippen molar-refractivity contribution in [3.05, 3.63) is 45.6 Å². The number of amides is 1. The van der Waals surface area contributed by atoms with Crippen molar-refractivity contribution in [3.63, 3.8) is 0 Å². The van der Waals surface area contributed by atoms with Gasteiger partial charge in [0.15, 0.2) is 17.3 Å². The molecule has 2 aliphatic rings. The lowest BCUT2D eigenvalue weighted by molar-refractivity contribution is 0.0669. The molecule has 0 unspecified atom stereocenters. The number of hydrogen-bond acceptors (Lipinski definition) is 5. The smallest absolute Gasteiger partial charge is 0.264 e. The summed E-state index contributed by atoms with van der Waals surface area (Å²) in [4.78, 5) is 28.0. The lowest BCUT2D eigenvalue weighted by Gasteiger charge is -2.29. The Hall–Kier alpha value is -2.34. The van der Waals surface area contributed by atoms with Gasteiger partial charge >= 0.3 is 0 Å². The quantitative estimate of drug-likeness (QED) is 0.737. The van der Waals surface area contributed by atoms with Crippen molar-refractivity contribution in [2.45, 2.75) is 45.2 Å². The van der Waals surface area contributed by atoms with Crippen molar-refractivity contribution in [2.75, 3.05) is 6.79 Å². The highest BCUT2D eigenvalue weighted by Gasteiger charge is 2.29. The van der Waals surface area contributed by atoms with E-state index in [1.54, 1.807) is 12.1 Å². The first-order chi connectivity index (χ1) is 12.6. The van der Waals surface area contributed by atoms with Crippen LogP contribution in [0.5, 0.6) is 11.5 Å². The number of ether oxygens (including phenoxy) is 2. The molecule has 136 valence electrons. The third-order valence-corrected chi connectivity index (χ3v) is 6.15. The summed E-state index contributed by atoms with van der Waals surface area (Å²) in [6, 6.07) is 9.59. The van der Waals surface area contributed by atoms with E-state index in [0.29, 0.717) is 16.3 Å². The molecule has 0 N–H and O–H groups in total. The standard InChI is InChI=1S/C20H21NO4S/c1-13(22)18-8-9-19(26-18)20(23)21(15-4-2-3-5-15)11-14-6-7-16-17(10-14)25-12-24-16/h6-10,15H,2-5,11-12H2,1H3. The van der Waals surface area contributed by atoms with Crippen molar-refractivity contribution in [1.82, 2.24) is 4.90 Å². The van der Waals surface area contributed by atoms with Crippen molar-refractivity contribution in [1.29, 1.82) is 0 Å². The van der Waals surface area contributed by atoms with Crippen LogP contribution in [0.15, 0.2) is 30.3 Å². The van der Waals surface area contributed by atoms with Crippen LogP contribution in [-0.4, -0.2) is 29.4 Å². The molecule has 1 aromatic carbocycles. The summed E-state index contributed by atoms with van der Waals surface area (Å²) < 4.78 is 10.8. The lowest BCUT2D eigenvalue weighted by Crippen LogP contribution is -2.37. The second kappa shape index (κ2) is 7.11. The Kier molecular flexibility index (Phi) is 4.68. The summed E-state index contributed by atoms with van der Waals surface area (Å²) in [5.74, 6) is 1.48. The zero-order chi connectivity index (χ0) is 18.1.